The smallest absolute Gasteiger partial charge is 0.468 e. The van der Waals surface area contributed by atoms with E-state index in [0.717, 1.165) is 73.9 Å². The average Bonchev–Trinajstić information content (AvgIpc) is 1.56. The Balaban J connectivity index is 0.000000180. The number of hydrogen-bond donors (Lipinski definition) is 0. The summed E-state index contributed by atoms with van der Waals surface area (Å²) in [5.41, 5.74) is 13.3. The van der Waals surface area contributed by atoms with Crippen LogP contribution in [0.4, 0.5) is 26.3 Å². The molecule has 24 heteroatoms. The number of hydrogen-bond acceptors (Lipinski definition) is 16. The third-order valence-electron chi connectivity index (χ3n) is 19.4. The summed E-state index contributed by atoms with van der Waals surface area (Å²) in [6.07, 6.45) is 3.82. The number of halogens is 7. The highest BCUT2D eigenvalue weighted by atomic mass is 79.9. The number of rotatable bonds is 18. The number of nitrogens with zero attached hydrogens (tertiary/aromatic N) is 4. The molecular weight excluding hydrogens is 1390 g/mol. The number of oxazole rings is 2. The minimum absolute atomic E-state index is 0.000817. The zero-order chi connectivity index (χ0) is 73.1. The Bertz CT molecular complexity index is 4800. The minimum atomic E-state index is -3.05. The third kappa shape index (κ3) is 15.6. The number of likely N-dealkylation sites (tertiary alicyclic amines) is 2. The van der Waals surface area contributed by atoms with Gasteiger partial charge in [-0.3, -0.25) is 29.0 Å². The first-order valence-electron chi connectivity index (χ1n) is 33.0. The van der Waals surface area contributed by atoms with Crippen molar-refractivity contribution in [1.29, 1.82) is 0 Å². The van der Waals surface area contributed by atoms with Crippen molar-refractivity contribution in [3.05, 3.63) is 194 Å². The second-order valence-corrected chi connectivity index (χ2v) is 27.0. The van der Waals surface area contributed by atoms with Gasteiger partial charge in [-0.2, -0.15) is 17.6 Å². The highest BCUT2D eigenvalue weighted by Crippen LogP contribution is 2.43. The fraction of sp³-hybridized carbons (Fsp3) is 0.308. The lowest BCUT2D eigenvalue weighted by atomic mass is 9.74. The van der Waals surface area contributed by atoms with Gasteiger partial charge in [-0.25, -0.2) is 18.7 Å². The normalized spacial score (nSPS) is 16.4. The molecule has 3 saturated heterocycles. The molecular formula is C78H74BBrF6N4O12. The second kappa shape index (κ2) is 31.0. The molecule has 3 fully saturated rings. The molecule has 0 radical (unpaired) electrons. The van der Waals surface area contributed by atoms with E-state index in [2.05, 4.69) is 35.0 Å². The third-order valence-corrected chi connectivity index (χ3v) is 19.9. The first-order valence-corrected chi connectivity index (χ1v) is 33.8. The molecule has 0 saturated carbocycles. The van der Waals surface area contributed by atoms with Crippen LogP contribution in [0.3, 0.4) is 0 Å². The van der Waals surface area contributed by atoms with E-state index in [0.29, 0.717) is 93.6 Å². The number of methoxy groups -OCH3 is 2. The molecule has 5 heterocycles. The number of carbonyl (C=O) groups is 4. The topological polar surface area (TPSA) is 182 Å². The molecule has 13 rings (SSSR count). The van der Waals surface area contributed by atoms with Gasteiger partial charge in [0.1, 0.15) is 46.3 Å². The van der Waals surface area contributed by atoms with Gasteiger partial charge in [0, 0.05) is 51.9 Å². The van der Waals surface area contributed by atoms with Crippen molar-refractivity contribution < 1.29 is 82.6 Å². The molecule has 8 aromatic carbocycles. The quantitative estimate of drug-likeness (QED) is 0.0342. The van der Waals surface area contributed by atoms with Gasteiger partial charge >= 0.3 is 32.3 Å². The fourth-order valence-corrected chi connectivity index (χ4v) is 13.6. The fourth-order valence-electron chi connectivity index (χ4n) is 13.3. The lowest BCUT2D eigenvalue weighted by Gasteiger charge is -2.32. The monoisotopic (exact) mass is 1460 g/mol. The summed E-state index contributed by atoms with van der Waals surface area (Å²) in [6.45, 7) is 11.7. The van der Waals surface area contributed by atoms with Crippen LogP contribution in [0.2, 0.25) is 0 Å². The van der Waals surface area contributed by atoms with E-state index >= 15 is 0 Å². The number of aldehydes is 2. The molecule has 3 aliphatic rings. The zero-order valence-corrected chi connectivity index (χ0v) is 59.3. The molecule has 0 aliphatic carbocycles. The number of aromatic nitrogens is 2. The Morgan fingerprint density at radius 2 is 0.961 bits per heavy atom. The summed E-state index contributed by atoms with van der Waals surface area (Å²) in [6, 6.07) is 37.7. The van der Waals surface area contributed by atoms with Crippen molar-refractivity contribution in [2.45, 2.75) is 131 Å². The molecule has 0 spiro atoms. The summed E-state index contributed by atoms with van der Waals surface area (Å²) in [4.78, 5) is 59.1. The number of alkyl halides is 4. The maximum Gasteiger partial charge on any atom is 0.495 e. The number of ether oxygens (including phenoxy) is 4. The summed E-state index contributed by atoms with van der Waals surface area (Å²) in [5, 5.41) is 0. The first-order chi connectivity index (χ1) is 48.7. The number of benzene rings is 8. The standard InChI is InChI=1S/C36H31F3N2O5.C35H39BF2N2O6.C7H4BrFO/c1-20-25(22-12-13-23(19-42)29(37)15-22)7-4-8-26(20)27-9-5-10-28(21(27)2)34-40-30-16-24(32(46-36(38)39)17-33(30)45-34)18-41-14-6-11-31(41)35(43)44-3;1-20-23(24-12-9-14-26(21(24)2)36-45-34(3,4)35(5,6)46-36)11-8-13-25(20)31-39-27-17-22(29(44-33(37)38)18-30(27)43-31)19-40-16-10-15-28(40)32(41)42-7;8-6-2-1-5(4-10)7(9)3-6/h4-5,7-10,12-13,15-17,19,31,36H,6,11,14,18H2,1-3H3;8-9,11-14,17-18,28,33H,10,15-16,19H2,1-7H3;1-4H/t31-;28-;/m00./s1. The zero-order valence-electron chi connectivity index (χ0n) is 57.7. The summed E-state index contributed by atoms with van der Waals surface area (Å²) < 4.78 is 126. The highest BCUT2D eigenvalue weighted by Gasteiger charge is 2.52. The van der Waals surface area contributed by atoms with Crippen LogP contribution in [0.1, 0.15) is 107 Å². The van der Waals surface area contributed by atoms with Crippen LogP contribution in [0.25, 0.3) is 78.5 Å². The SMILES string of the molecule is COC(=O)[C@@H]1CCCN1Cc1cc2nc(-c3cccc(-c4cccc(-c5ccc(C=O)c(F)c5)c4C)c3C)oc2cc1OC(F)F.COC(=O)[C@@H]1CCCN1Cc1cc2nc(-c3cccc(-c4cccc(B5OC(C)(C)C(C)(C)O5)c4C)c3C)oc2cc1OC(F)F.O=Cc1ccc(Br)cc1F. The van der Waals surface area contributed by atoms with Gasteiger partial charge in [0.15, 0.2) is 23.7 Å². The summed E-state index contributed by atoms with van der Waals surface area (Å²) >= 11 is 3.07. The van der Waals surface area contributed by atoms with Crippen molar-refractivity contribution in [3.8, 4) is 67.8 Å². The largest absolute Gasteiger partial charge is 0.495 e. The summed E-state index contributed by atoms with van der Waals surface area (Å²) in [5.74, 6) is -1.17. The van der Waals surface area contributed by atoms with Crippen molar-refractivity contribution >= 4 is 75.2 Å². The van der Waals surface area contributed by atoms with E-state index in [9.17, 15) is 45.5 Å². The minimum Gasteiger partial charge on any atom is -0.468 e. The molecule has 10 aromatic rings. The van der Waals surface area contributed by atoms with Crippen molar-refractivity contribution in [3.63, 3.8) is 0 Å². The van der Waals surface area contributed by atoms with E-state index in [1.54, 1.807) is 24.3 Å². The van der Waals surface area contributed by atoms with Gasteiger partial charge < -0.3 is 37.1 Å². The molecule has 2 aromatic heterocycles. The van der Waals surface area contributed by atoms with Crippen LogP contribution in [-0.2, 0) is 41.5 Å². The first kappa shape index (κ1) is 73.8. The van der Waals surface area contributed by atoms with Gasteiger partial charge in [-0.15, -0.1) is 0 Å². The van der Waals surface area contributed by atoms with Crippen LogP contribution in [-0.4, -0.2) is 115 Å². The Morgan fingerprint density at radius 1 is 0.559 bits per heavy atom. The molecule has 0 N–H and O–H groups in total. The molecule has 0 bridgehead atoms. The summed E-state index contributed by atoms with van der Waals surface area (Å²) in [7, 11) is 2.19. The van der Waals surface area contributed by atoms with Gasteiger partial charge in [0.25, 0.3) is 0 Å². The average molecular weight is 1460 g/mol. The molecule has 2 atom stereocenters. The Kier molecular flexibility index (Phi) is 22.4. The maximum absolute atomic E-state index is 14.4. The van der Waals surface area contributed by atoms with E-state index in [-0.39, 0.29) is 53.2 Å². The highest BCUT2D eigenvalue weighted by molar-refractivity contribution is 9.10. The predicted octanol–water partition coefficient (Wildman–Crippen LogP) is 17.4. The van der Waals surface area contributed by atoms with Gasteiger partial charge in [-0.1, -0.05) is 82.7 Å². The van der Waals surface area contributed by atoms with Gasteiger partial charge in [0.2, 0.25) is 11.8 Å². The van der Waals surface area contributed by atoms with Gasteiger partial charge in [0.05, 0.1) is 36.5 Å². The van der Waals surface area contributed by atoms with Crippen molar-refractivity contribution in [2.75, 3.05) is 27.3 Å². The molecule has 0 unspecified atom stereocenters. The van der Waals surface area contributed by atoms with Crippen LogP contribution in [0.15, 0.2) is 147 Å². The van der Waals surface area contributed by atoms with Gasteiger partial charge in [-0.05, 0) is 210 Å². The lowest BCUT2D eigenvalue weighted by Crippen LogP contribution is -2.41. The number of esters is 2. The van der Waals surface area contributed by atoms with Crippen molar-refractivity contribution in [1.82, 2.24) is 19.8 Å². The molecule has 530 valence electrons. The maximum atomic E-state index is 14.4. The lowest BCUT2D eigenvalue weighted by molar-refractivity contribution is -0.146. The molecule has 16 nitrogen and oxygen atoms in total. The van der Waals surface area contributed by atoms with E-state index in [4.69, 9.17) is 47.1 Å². The van der Waals surface area contributed by atoms with Crippen LogP contribution < -0.4 is 14.9 Å². The van der Waals surface area contributed by atoms with Crippen LogP contribution in [0.5, 0.6) is 11.5 Å². The Hall–Kier alpha value is -9.46. The predicted molar refractivity (Wildman–Crippen MR) is 379 cm³/mol. The number of carbonyl (C=O) groups excluding carboxylic acids is 4. The van der Waals surface area contributed by atoms with E-state index < -0.39 is 55.3 Å². The molecule has 3 aliphatic heterocycles. The molecule has 0 amide bonds. The molecule has 102 heavy (non-hydrogen) atoms. The van der Waals surface area contributed by atoms with Crippen LogP contribution >= 0.6 is 15.9 Å². The van der Waals surface area contributed by atoms with Crippen LogP contribution in [0, 0.1) is 39.3 Å². The van der Waals surface area contributed by atoms with Crippen molar-refractivity contribution in [2.24, 2.45) is 0 Å². The van der Waals surface area contributed by atoms with E-state index in [1.807, 2.05) is 119 Å². The second-order valence-electron chi connectivity index (χ2n) is 26.1. The Morgan fingerprint density at radius 3 is 1.38 bits per heavy atom. The van der Waals surface area contributed by atoms with E-state index in [1.165, 1.54) is 50.6 Å². The number of fused-ring (bicyclic) bond motifs is 2. The Labute approximate surface area is 594 Å².